The zero-order valence-electron chi connectivity index (χ0n) is 11.2. The van der Waals surface area contributed by atoms with Crippen molar-refractivity contribution in [1.29, 1.82) is 0 Å². The largest absolute Gasteiger partial charge is 0.370 e. The molecule has 0 aromatic rings. The minimum atomic E-state index is 0.591. The molecule has 1 spiro atoms. The normalized spacial score (nSPS) is 31.8. The molecule has 3 nitrogen and oxygen atoms in total. The van der Waals surface area contributed by atoms with Gasteiger partial charge in [0, 0.05) is 12.6 Å². The van der Waals surface area contributed by atoms with Gasteiger partial charge in [0.1, 0.15) is 0 Å². The monoisotopic (exact) mass is 267 g/mol. The van der Waals surface area contributed by atoms with Crippen LogP contribution in [0, 0.1) is 11.3 Å². The molecule has 0 amide bonds. The maximum absolute atomic E-state index is 5.98. The molecule has 1 atom stereocenters. The predicted octanol–water partition coefficient (Wildman–Crippen LogP) is 2.37. The predicted molar refractivity (Wildman–Crippen MR) is 79.0 cm³/mol. The van der Waals surface area contributed by atoms with Crippen molar-refractivity contribution in [3.63, 3.8) is 0 Å². The zero-order chi connectivity index (χ0) is 12.4. The van der Waals surface area contributed by atoms with Crippen LogP contribution in [0.1, 0.15) is 44.9 Å². The lowest BCUT2D eigenvalue weighted by Crippen LogP contribution is -2.38. The molecule has 0 aromatic heterocycles. The molecule has 1 heterocycles. The van der Waals surface area contributed by atoms with Gasteiger partial charge in [0.25, 0.3) is 0 Å². The van der Waals surface area contributed by atoms with Gasteiger partial charge in [0.15, 0.2) is 5.96 Å². The Hall–Kier alpha value is -0.380. The summed E-state index contributed by atoms with van der Waals surface area (Å²) in [6.07, 6.45) is 9.43. The lowest BCUT2D eigenvalue weighted by Gasteiger charge is -2.21. The molecule has 3 rings (SSSR count). The van der Waals surface area contributed by atoms with E-state index in [4.69, 9.17) is 5.73 Å². The summed E-state index contributed by atoms with van der Waals surface area (Å²) in [6, 6.07) is 0.591. The third-order valence-corrected chi connectivity index (χ3v) is 6.02. The number of hydrogen-bond acceptors (Lipinski definition) is 2. The molecule has 1 aliphatic heterocycles. The van der Waals surface area contributed by atoms with E-state index in [9.17, 15) is 0 Å². The van der Waals surface area contributed by atoms with Crippen LogP contribution in [-0.2, 0) is 0 Å². The van der Waals surface area contributed by atoms with Crippen molar-refractivity contribution in [2.45, 2.75) is 51.0 Å². The van der Waals surface area contributed by atoms with Crippen molar-refractivity contribution in [2.75, 3.05) is 18.1 Å². The maximum Gasteiger partial charge on any atom is 0.188 e. The van der Waals surface area contributed by atoms with E-state index < -0.39 is 0 Å². The minimum absolute atomic E-state index is 0.591. The van der Waals surface area contributed by atoms with E-state index in [-0.39, 0.29) is 0 Å². The topological polar surface area (TPSA) is 50.4 Å². The van der Waals surface area contributed by atoms with Gasteiger partial charge in [0.2, 0.25) is 0 Å². The summed E-state index contributed by atoms with van der Waals surface area (Å²) >= 11 is 2.11. The van der Waals surface area contributed by atoms with E-state index in [0.717, 1.165) is 12.5 Å². The van der Waals surface area contributed by atoms with E-state index in [1.807, 2.05) is 0 Å². The van der Waals surface area contributed by atoms with Crippen molar-refractivity contribution >= 4 is 17.7 Å². The standard InChI is InChI=1S/C14H25N3S/c15-13(17-12-3-1-2-4-12)16-10-11-9-14(11)5-7-18-8-6-14/h11-12H,1-10H2,(H3,15,16,17). The number of aliphatic imine (C=N–C) groups is 1. The lowest BCUT2D eigenvalue weighted by molar-refractivity contribution is 0.422. The zero-order valence-corrected chi connectivity index (χ0v) is 12.0. The second kappa shape index (κ2) is 5.32. The van der Waals surface area contributed by atoms with Crippen LogP contribution in [0.2, 0.25) is 0 Å². The van der Waals surface area contributed by atoms with Crippen LogP contribution in [-0.4, -0.2) is 30.1 Å². The summed E-state index contributed by atoms with van der Waals surface area (Å²) in [6.45, 7) is 0.955. The first-order valence-corrected chi connectivity index (χ1v) is 8.58. The van der Waals surface area contributed by atoms with Crippen LogP contribution in [0.3, 0.4) is 0 Å². The number of nitrogens with two attached hydrogens (primary N) is 1. The number of guanidine groups is 1. The van der Waals surface area contributed by atoms with Gasteiger partial charge in [-0.05, 0) is 54.9 Å². The van der Waals surface area contributed by atoms with Gasteiger partial charge in [-0.25, -0.2) is 0 Å². The second-order valence-electron chi connectivity index (χ2n) is 6.23. The summed E-state index contributed by atoms with van der Waals surface area (Å²) in [5.41, 5.74) is 6.65. The van der Waals surface area contributed by atoms with Crippen molar-refractivity contribution in [3.05, 3.63) is 0 Å². The molecule has 2 saturated carbocycles. The van der Waals surface area contributed by atoms with Gasteiger partial charge >= 0.3 is 0 Å². The number of thioether (sulfide) groups is 1. The Labute approximate surface area is 114 Å². The Bertz CT molecular complexity index is 317. The molecular weight excluding hydrogens is 242 g/mol. The molecule has 0 bridgehead atoms. The SMILES string of the molecule is NC(=NCC1CC12CCSCC2)NC1CCCC1. The third kappa shape index (κ3) is 2.79. The molecule has 18 heavy (non-hydrogen) atoms. The van der Waals surface area contributed by atoms with Gasteiger partial charge in [-0.1, -0.05) is 12.8 Å². The van der Waals surface area contributed by atoms with Crippen LogP contribution in [0.5, 0.6) is 0 Å². The molecule has 0 radical (unpaired) electrons. The van der Waals surface area contributed by atoms with Crippen molar-refractivity contribution in [2.24, 2.45) is 22.1 Å². The third-order valence-electron chi connectivity index (χ3n) is 5.04. The van der Waals surface area contributed by atoms with E-state index in [2.05, 4.69) is 22.1 Å². The van der Waals surface area contributed by atoms with Gasteiger partial charge in [0.05, 0.1) is 0 Å². The summed E-state index contributed by atoms with van der Waals surface area (Å²) in [5.74, 6) is 4.22. The van der Waals surface area contributed by atoms with Gasteiger partial charge in [-0.2, -0.15) is 11.8 Å². The van der Waals surface area contributed by atoms with Crippen LogP contribution in [0.4, 0.5) is 0 Å². The molecule has 0 aromatic carbocycles. The quantitative estimate of drug-likeness (QED) is 0.610. The average Bonchev–Trinajstić information content (AvgIpc) is 2.80. The van der Waals surface area contributed by atoms with Crippen molar-refractivity contribution < 1.29 is 0 Å². The van der Waals surface area contributed by atoms with Gasteiger partial charge in [-0.3, -0.25) is 4.99 Å². The summed E-state index contributed by atoms with van der Waals surface area (Å²) in [4.78, 5) is 4.58. The molecule has 4 heteroatoms. The highest BCUT2D eigenvalue weighted by molar-refractivity contribution is 7.99. The fraction of sp³-hybridized carbons (Fsp3) is 0.929. The summed E-state index contributed by atoms with van der Waals surface area (Å²) in [7, 11) is 0. The van der Waals surface area contributed by atoms with E-state index >= 15 is 0 Å². The van der Waals surface area contributed by atoms with Crippen LogP contribution in [0.15, 0.2) is 4.99 Å². The Balaban J connectivity index is 1.43. The fourth-order valence-electron chi connectivity index (χ4n) is 3.61. The Morgan fingerprint density at radius 3 is 2.72 bits per heavy atom. The first-order valence-electron chi connectivity index (χ1n) is 7.43. The number of nitrogens with one attached hydrogen (secondary N) is 1. The second-order valence-corrected chi connectivity index (χ2v) is 7.45. The van der Waals surface area contributed by atoms with Crippen LogP contribution < -0.4 is 11.1 Å². The Morgan fingerprint density at radius 1 is 1.28 bits per heavy atom. The molecule has 1 saturated heterocycles. The minimum Gasteiger partial charge on any atom is -0.370 e. The van der Waals surface area contributed by atoms with Crippen molar-refractivity contribution in [3.8, 4) is 0 Å². The lowest BCUT2D eigenvalue weighted by atomic mass is 9.96. The number of hydrogen-bond donors (Lipinski definition) is 2. The highest BCUT2D eigenvalue weighted by atomic mass is 32.2. The molecule has 1 unspecified atom stereocenters. The fourth-order valence-corrected chi connectivity index (χ4v) is 4.92. The van der Waals surface area contributed by atoms with Gasteiger partial charge < -0.3 is 11.1 Å². The summed E-state index contributed by atoms with van der Waals surface area (Å²) < 4.78 is 0. The number of nitrogens with zero attached hydrogens (tertiary/aromatic N) is 1. The molecule has 3 fully saturated rings. The smallest absolute Gasteiger partial charge is 0.188 e. The Kier molecular flexibility index (Phi) is 3.73. The summed E-state index contributed by atoms with van der Waals surface area (Å²) in [5, 5.41) is 3.38. The van der Waals surface area contributed by atoms with Crippen LogP contribution >= 0.6 is 11.8 Å². The first kappa shape index (κ1) is 12.6. The molecule has 3 aliphatic rings. The van der Waals surface area contributed by atoms with Gasteiger partial charge in [-0.15, -0.1) is 0 Å². The molecule has 2 aliphatic carbocycles. The average molecular weight is 267 g/mol. The highest BCUT2D eigenvalue weighted by Crippen LogP contribution is 2.60. The van der Waals surface area contributed by atoms with E-state index in [1.54, 1.807) is 0 Å². The molecule has 3 N–H and O–H groups in total. The molecule has 102 valence electrons. The first-order chi connectivity index (χ1) is 8.78. The van der Waals surface area contributed by atoms with E-state index in [1.165, 1.54) is 56.5 Å². The highest BCUT2D eigenvalue weighted by Gasteiger charge is 2.53. The van der Waals surface area contributed by atoms with Crippen molar-refractivity contribution in [1.82, 2.24) is 5.32 Å². The Morgan fingerprint density at radius 2 is 2.00 bits per heavy atom. The van der Waals surface area contributed by atoms with E-state index in [0.29, 0.717) is 17.4 Å². The molecular formula is C14H25N3S. The number of rotatable bonds is 3. The van der Waals surface area contributed by atoms with Crippen LogP contribution in [0.25, 0.3) is 0 Å². The maximum atomic E-state index is 5.98.